The summed E-state index contributed by atoms with van der Waals surface area (Å²) in [6, 6.07) is 2.40. The Hall–Kier alpha value is -1.04. The highest BCUT2D eigenvalue weighted by molar-refractivity contribution is 7.18. The molecule has 2 fully saturated rings. The standard InChI is InChI=1S/C22H33N3OS/c1-15-23-19(8-13-25-11-6-17(26)7-12-25)18-14-20(27-21(18)24-15)16-4-9-22(2,3)10-5-16/h14,16-17,26H,4-13H2,1-3H3. The van der Waals surface area contributed by atoms with E-state index in [1.165, 1.54) is 46.5 Å². The molecule has 1 aliphatic carbocycles. The first-order valence-corrected chi connectivity index (χ1v) is 11.4. The first kappa shape index (κ1) is 19.3. The van der Waals surface area contributed by atoms with Crippen molar-refractivity contribution in [3.8, 4) is 0 Å². The number of aliphatic hydroxyl groups excluding tert-OH is 1. The molecule has 3 heterocycles. The fourth-order valence-corrected chi connectivity index (χ4v) is 5.87. The van der Waals surface area contributed by atoms with Crippen LogP contribution in [0.1, 0.15) is 74.7 Å². The van der Waals surface area contributed by atoms with Crippen molar-refractivity contribution < 1.29 is 5.11 Å². The van der Waals surface area contributed by atoms with Crippen LogP contribution in [0.15, 0.2) is 6.07 Å². The van der Waals surface area contributed by atoms with Gasteiger partial charge in [-0.25, -0.2) is 9.97 Å². The monoisotopic (exact) mass is 387 g/mol. The topological polar surface area (TPSA) is 49.2 Å². The molecule has 27 heavy (non-hydrogen) atoms. The van der Waals surface area contributed by atoms with Gasteiger partial charge in [-0.3, -0.25) is 0 Å². The summed E-state index contributed by atoms with van der Waals surface area (Å²) in [4.78, 5) is 14.7. The Balaban J connectivity index is 1.50. The molecule has 0 radical (unpaired) electrons. The number of hydrogen-bond acceptors (Lipinski definition) is 5. The van der Waals surface area contributed by atoms with Crippen LogP contribution < -0.4 is 0 Å². The lowest BCUT2D eigenvalue weighted by Crippen LogP contribution is -2.37. The summed E-state index contributed by atoms with van der Waals surface area (Å²) >= 11 is 1.90. The molecule has 4 nitrogen and oxygen atoms in total. The Bertz CT molecular complexity index is 782. The highest BCUT2D eigenvalue weighted by Crippen LogP contribution is 2.45. The molecule has 0 aromatic carbocycles. The van der Waals surface area contributed by atoms with Gasteiger partial charge in [-0.15, -0.1) is 11.3 Å². The minimum Gasteiger partial charge on any atom is -0.393 e. The van der Waals surface area contributed by atoms with Gasteiger partial charge in [-0.05, 0) is 62.8 Å². The van der Waals surface area contributed by atoms with Gasteiger partial charge >= 0.3 is 0 Å². The number of nitrogens with zero attached hydrogens (tertiary/aromatic N) is 3. The molecule has 1 saturated carbocycles. The summed E-state index contributed by atoms with van der Waals surface area (Å²) < 4.78 is 0. The normalized spacial score (nSPS) is 22.5. The van der Waals surface area contributed by atoms with E-state index >= 15 is 0 Å². The van der Waals surface area contributed by atoms with Crippen LogP contribution in [0.25, 0.3) is 10.2 Å². The van der Waals surface area contributed by atoms with Gasteiger partial charge in [0.25, 0.3) is 0 Å². The molecule has 0 bridgehead atoms. The summed E-state index contributed by atoms with van der Waals surface area (Å²) in [6.45, 7) is 9.85. The molecule has 1 saturated heterocycles. The molecule has 1 N–H and O–H groups in total. The van der Waals surface area contributed by atoms with E-state index in [1.54, 1.807) is 0 Å². The van der Waals surface area contributed by atoms with Crippen LogP contribution in [0.4, 0.5) is 0 Å². The molecule has 0 atom stereocenters. The van der Waals surface area contributed by atoms with E-state index in [4.69, 9.17) is 9.97 Å². The van der Waals surface area contributed by atoms with Crippen LogP contribution in [0.5, 0.6) is 0 Å². The largest absolute Gasteiger partial charge is 0.393 e. The van der Waals surface area contributed by atoms with Crippen molar-refractivity contribution in [2.24, 2.45) is 5.41 Å². The number of aryl methyl sites for hydroxylation is 1. The first-order valence-electron chi connectivity index (χ1n) is 10.6. The van der Waals surface area contributed by atoms with Crippen LogP contribution in [0.3, 0.4) is 0 Å². The fraction of sp³-hybridized carbons (Fsp3) is 0.727. The SMILES string of the molecule is Cc1nc(CCN2CCC(O)CC2)c2cc(C3CCC(C)(C)CC3)sc2n1. The minimum atomic E-state index is -0.103. The predicted molar refractivity (Wildman–Crippen MR) is 113 cm³/mol. The maximum absolute atomic E-state index is 9.70. The number of aliphatic hydroxyl groups is 1. The Morgan fingerprint density at radius 1 is 1.15 bits per heavy atom. The Labute approximate surface area is 167 Å². The molecule has 5 heteroatoms. The number of hydrogen-bond donors (Lipinski definition) is 1. The summed E-state index contributed by atoms with van der Waals surface area (Å²) in [5, 5.41) is 11.0. The molecule has 0 amide bonds. The van der Waals surface area contributed by atoms with E-state index in [1.807, 2.05) is 18.3 Å². The first-order chi connectivity index (χ1) is 12.9. The van der Waals surface area contributed by atoms with Crippen LogP contribution in [0.2, 0.25) is 0 Å². The number of aromatic nitrogens is 2. The minimum absolute atomic E-state index is 0.103. The third-order valence-corrected chi connectivity index (χ3v) is 7.76. The molecular weight excluding hydrogens is 354 g/mol. The van der Waals surface area contributed by atoms with Gasteiger partial charge in [0.15, 0.2) is 0 Å². The maximum atomic E-state index is 9.70. The summed E-state index contributed by atoms with van der Waals surface area (Å²) in [6.07, 6.45) is 7.93. The summed E-state index contributed by atoms with van der Waals surface area (Å²) in [5.41, 5.74) is 1.72. The highest BCUT2D eigenvalue weighted by atomic mass is 32.1. The molecule has 2 aromatic rings. The van der Waals surface area contributed by atoms with Gasteiger partial charge in [-0.2, -0.15) is 0 Å². The summed E-state index contributed by atoms with van der Waals surface area (Å²) in [5.74, 6) is 1.60. The van der Waals surface area contributed by atoms with Crippen molar-refractivity contribution in [2.75, 3.05) is 19.6 Å². The molecular formula is C22H33N3OS. The van der Waals surface area contributed by atoms with Gasteiger partial charge in [0, 0.05) is 36.3 Å². The highest BCUT2D eigenvalue weighted by Gasteiger charge is 2.29. The third kappa shape index (κ3) is 4.52. The zero-order valence-corrected chi connectivity index (χ0v) is 17.8. The lowest BCUT2D eigenvalue weighted by molar-refractivity contribution is 0.0831. The fourth-order valence-electron chi connectivity index (χ4n) is 4.60. The number of piperidine rings is 1. The maximum Gasteiger partial charge on any atom is 0.127 e. The number of rotatable bonds is 4. The molecule has 2 aromatic heterocycles. The lowest BCUT2D eigenvalue weighted by atomic mass is 9.73. The van der Waals surface area contributed by atoms with E-state index in [2.05, 4.69) is 24.8 Å². The molecule has 2 aliphatic rings. The van der Waals surface area contributed by atoms with Crippen LogP contribution in [-0.2, 0) is 6.42 Å². The lowest BCUT2D eigenvalue weighted by Gasteiger charge is -2.33. The van der Waals surface area contributed by atoms with E-state index in [-0.39, 0.29) is 6.10 Å². The molecule has 1 aliphatic heterocycles. The second-order valence-electron chi connectivity index (χ2n) is 9.35. The zero-order valence-electron chi connectivity index (χ0n) is 17.0. The van der Waals surface area contributed by atoms with E-state index < -0.39 is 0 Å². The second kappa shape index (κ2) is 7.76. The van der Waals surface area contributed by atoms with Gasteiger partial charge < -0.3 is 10.0 Å². The number of fused-ring (bicyclic) bond motifs is 1. The summed E-state index contributed by atoms with van der Waals surface area (Å²) in [7, 11) is 0. The Morgan fingerprint density at radius 2 is 1.85 bits per heavy atom. The van der Waals surface area contributed by atoms with Gasteiger partial charge in [0.05, 0.1) is 11.8 Å². The van der Waals surface area contributed by atoms with Crippen molar-refractivity contribution in [3.05, 3.63) is 22.5 Å². The van der Waals surface area contributed by atoms with Crippen LogP contribution in [0, 0.1) is 12.3 Å². The Morgan fingerprint density at radius 3 is 2.56 bits per heavy atom. The number of likely N-dealkylation sites (tertiary alicyclic amines) is 1. The van der Waals surface area contributed by atoms with Crippen molar-refractivity contribution in [1.29, 1.82) is 0 Å². The average molecular weight is 388 g/mol. The molecule has 0 unspecified atom stereocenters. The molecule has 0 spiro atoms. The van der Waals surface area contributed by atoms with E-state index in [9.17, 15) is 5.11 Å². The van der Waals surface area contributed by atoms with Gasteiger partial charge in [0.2, 0.25) is 0 Å². The van der Waals surface area contributed by atoms with E-state index in [0.717, 1.165) is 44.7 Å². The second-order valence-corrected chi connectivity index (χ2v) is 10.4. The van der Waals surface area contributed by atoms with Crippen LogP contribution in [-0.4, -0.2) is 45.7 Å². The van der Waals surface area contributed by atoms with Crippen molar-refractivity contribution in [3.63, 3.8) is 0 Å². The van der Waals surface area contributed by atoms with Crippen molar-refractivity contribution in [1.82, 2.24) is 14.9 Å². The van der Waals surface area contributed by atoms with Gasteiger partial charge in [0.1, 0.15) is 10.7 Å². The van der Waals surface area contributed by atoms with Crippen molar-refractivity contribution in [2.45, 2.75) is 77.7 Å². The molecule has 4 rings (SSSR count). The van der Waals surface area contributed by atoms with Crippen molar-refractivity contribution >= 4 is 21.6 Å². The van der Waals surface area contributed by atoms with Gasteiger partial charge in [-0.1, -0.05) is 13.8 Å². The van der Waals surface area contributed by atoms with Crippen LogP contribution >= 0.6 is 11.3 Å². The third-order valence-electron chi connectivity index (χ3n) is 6.57. The number of thiophene rings is 1. The predicted octanol–water partition coefficient (Wildman–Crippen LogP) is 4.68. The smallest absolute Gasteiger partial charge is 0.127 e. The van der Waals surface area contributed by atoms with E-state index in [0.29, 0.717) is 11.3 Å². The average Bonchev–Trinajstić information content (AvgIpc) is 3.04. The molecule has 148 valence electrons. The Kier molecular flexibility index (Phi) is 5.55. The zero-order chi connectivity index (χ0) is 19.0. The quantitative estimate of drug-likeness (QED) is 0.827.